The van der Waals surface area contributed by atoms with Crippen LogP contribution in [0.3, 0.4) is 0 Å². The van der Waals surface area contributed by atoms with E-state index in [0.717, 1.165) is 6.07 Å². The third kappa shape index (κ3) is 1.98. The maximum absolute atomic E-state index is 12.5. The maximum Gasteiger partial charge on any atom is 0.416 e. The van der Waals surface area contributed by atoms with E-state index in [1.165, 1.54) is 6.07 Å². The molecule has 0 N–H and O–H groups in total. The molecule has 2 aromatic rings. The Bertz CT molecular complexity index is 777. The third-order valence-corrected chi connectivity index (χ3v) is 2.76. The second-order valence-corrected chi connectivity index (χ2v) is 3.90. The Morgan fingerprint density at radius 1 is 1.42 bits per heavy atom. The van der Waals surface area contributed by atoms with Crippen molar-refractivity contribution in [2.24, 2.45) is 0 Å². The van der Waals surface area contributed by atoms with Gasteiger partial charge >= 0.3 is 11.9 Å². The lowest BCUT2D eigenvalue weighted by Gasteiger charge is -2.14. The van der Waals surface area contributed by atoms with Gasteiger partial charge in [0.05, 0.1) is 9.99 Å². The minimum atomic E-state index is -4.67. The van der Waals surface area contributed by atoms with Gasteiger partial charge in [-0.1, -0.05) is 11.6 Å². The smallest absolute Gasteiger partial charge is 0.416 e. The molecule has 0 spiro atoms. The van der Waals surface area contributed by atoms with Gasteiger partial charge in [0.25, 0.3) is 5.52 Å². The first-order chi connectivity index (χ1) is 8.77. The van der Waals surface area contributed by atoms with E-state index in [9.17, 15) is 23.3 Å². The lowest BCUT2D eigenvalue weighted by atomic mass is 10.2. The fourth-order valence-electron chi connectivity index (χ4n) is 1.53. The van der Waals surface area contributed by atoms with Crippen LogP contribution in [0.2, 0.25) is 5.15 Å². The highest BCUT2D eigenvalue weighted by Crippen LogP contribution is 2.31. The Kier molecular flexibility index (Phi) is 2.87. The highest BCUT2D eigenvalue weighted by molar-refractivity contribution is 6.30. The van der Waals surface area contributed by atoms with Crippen molar-refractivity contribution in [1.82, 2.24) is 4.73 Å². The van der Waals surface area contributed by atoms with Crippen molar-refractivity contribution in [3.05, 3.63) is 44.7 Å². The molecule has 0 unspecified atom stereocenters. The summed E-state index contributed by atoms with van der Waals surface area (Å²) < 4.78 is 37.5. The average Bonchev–Trinajstić information content (AvgIpc) is 2.35. The van der Waals surface area contributed by atoms with Gasteiger partial charge in [0, 0.05) is 11.0 Å². The first-order valence-electron chi connectivity index (χ1n) is 4.73. The van der Waals surface area contributed by atoms with Crippen LogP contribution in [-0.4, -0.2) is 4.73 Å². The molecule has 0 aliphatic heterocycles. The Labute approximate surface area is 108 Å². The highest BCUT2D eigenvalue weighted by Gasteiger charge is 2.33. The van der Waals surface area contributed by atoms with Crippen LogP contribution in [0.4, 0.5) is 13.2 Å². The average molecular weight is 290 g/mol. The summed E-state index contributed by atoms with van der Waals surface area (Å²) in [5.74, 6) is 0. The molecule has 2 rings (SSSR count). The number of fused-ring (bicyclic) bond motifs is 1. The summed E-state index contributed by atoms with van der Waals surface area (Å²) in [5.41, 5.74) is -2.79. The first-order valence-corrected chi connectivity index (χ1v) is 5.11. The Hall–Kier alpha value is -2.27. The van der Waals surface area contributed by atoms with E-state index in [2.05, 4.69) is 0 Å². The van der Waals surface area contributed by atoms with Crippen LogP contribution >= 0.6 is 11.6 Å². The molecule has 5 nitrogen and oxygen atoms in total. The summed E-state index contributed by atoms with van der Waals surface area (Å²) in [7, 11) is 0. The van der Waals surface area contributed by atoms with Gasteiger partial charge < -0.3 is 9.94 Å². The van der Waals surface area contributed by atoms with Crippen molar-refractivity contribution >= 4 is 22.6 Å². The predicted octanol–water partition coefficient (Wildman–Crippen LogP) is 2.45. The zero-order valence-electron chi connectivity index (χ0n) is 8.90. The fraction of sp³-hybridized carbons (Fsp3) is 0.100. The minimum Gasteiger partial charge on any atom is -0.804 e. The molecular formula is C10H3ClF3N3O2. The number of rotatable bonds is 0. The molecule has 19 heavy (non-hydrogen) atoms. The zero-order valence-corrected chi connectivity index (χ0v) is 9.66. The Balaban J connectivity index is 2.96. The Morgan fingerprint density at radius 3 is 2.58 bits per heavy atom. The Morgan fingerprint density at radius 2 is 2.05 bits per heavy atom. The van der Waals surface area contributed by atoms with E-state index in [0.29, 0.717) is 12.1 Å². The lowest BCUT2D eigenvalue weighted by Crippen LogP contribution is -2.24. The predicted molar refractivity (Wildman–Crippen MR) is 58.8 cm³/mol. The van der Waals surface area contributed by atoms with Crippen molar-refractivity contribution in [3.63, 3.8) is 0 Å². The molecule has 0 fully saturated rings. The largest absolute Gasteiger partial charge is 0.804 e. The first kappa shape index (κ1) is 13.2. The van der Waals surface area contributed by atoms with Crippen LogP contribution in [0.5, 0.6) is 0 Å². The van der Waals surface area contributed by atoms with Gasteiger partial charge in [-0.2, -0.15) is 18.4 Å². The maximum atomic E-state index is 12.5. The van der Waals surface area contributed by atoms with Gasteiger partial charge in [0.2, 0.25) is 0 Å². The van der Waals surface area contributed by atoms with E-state index in [-0.39, 0.29) is 14.7 Å². The number of nitriles is 1. The molecule has 98 valence electrons. The number of aromatic nitrogens is 2. The van der Waals surface area contributed by atoms with Gasteiger partial charge in [-0.25, -0.2) is 0 Å². The van der Waals surface area contributed by atoms with E-state index in [1.807, 2.05) is 0 Å². The van der Waals surface area contributed by atoms with Crippen LogP contribution in [0.15, 0.2) is 18.2 Å². The number of benzene rings is 1. The summed E-state index contributed by atoms with van der Waals surface area (Å²) in [4.78, 5) is 11.7. The van der Waals surface area contributed by atoms with Crippen molar-refractivity contribution < 1.29 is 17.6 Å². The van der Waals surface area contributed by atoms with Gasteiger partial charge in [0.1, 0.15) is 5.52 Å². The summed E-state index contributed by atoms with van der Waals surface area (Å²) in [6.45, 7) is 0. The zero-order chi connectivity index (χ0) is 14.4. The molecule has 1 aromatic carbocycles. The van der Waals surface area contributed by atoms with E-state index < -0.39 is 28.1 Å². The van der Waals surface area contributed by atoms with Gasteiger partial charge in [-0.15, -0.1) is 0 Å². The fourth-order valence-corrected chi connectivity index (χ4v) is 1.74. The summed E-state index contributed by atoms with van der Waals surface area (Å²) in [5, 5.41) is 19.6. The molecule has 9 heteroatoms. The van der Waals surface area contributed by atoms with Crippen molar-refractivity contribution in [2.45, 2.75) is 6.18 Å². The molecule has 0 amide bonds. The van der Waals surface area contributed by atoms with E-state index >= 15 is 0 Å². The van der Waals surface area contributed by atoms with Crippen LogP contribution in [-0.2, 0) is 6.18 Å². The number of hydrogen-bond acceptors (Lipinski definition) is 3. The number of hydrogen-bond donors (Lipinski definition) is 0. The summed E-state index contributed by atoms with van der Waals surface area (Å²) >= 11 is 5.49. The molecule has 1 aromatic heterocycles. The number of halogens is 4. The summed E-state index contributed by atoms with van der Waals surface area (Å²) in [6.07, 6.45) is -4.67. The van der Waals surface area contributed by atoms with Crippen molar-refractivity contribution in [2.75, 3.05) is 0 Å². The van der Waals surface area contributed by atoms with Crippen molar-refractivity contribution in [3.8, 4) is 6.07 Å². The van der Waals surface area contributed by atoms with Crippen LogP contribution in [0, 0.1) is 21.4 Å². The molecule has 0 radical (unpaired) electrons. The van der Waals surface area contributed by atoms with E-state index in [1.54, 1.807) is 0 Å². The number of nitrogens with zero attached hydrogens (tertiary/aromatic N) is 3. The minimum absolute atomic E-state index is 0.0317. The second kappa shape index (κ2) is 4.13. The molecule has 0 aliphatic carbocycles. The molecule has 0 bridgehead atoms. The monoisotopic (exact) mass is 289 g/mol. The van der Waals surface area contributed by atoms with E-state index in [4.69, 9.17) is 16.9 Å². The standard InChI is InChI=1S/C10H3ClF3N3O2/c11-9-8(4-15)16(18)7-3-5(10(12,13)14)1-2-6(7)17(9)19/h1-3H. The molecule has 0 aliphatic rings. The molecule has 0 atom stereocenters. The SMILES string of the molecule is N#Cc1c(Cl)n([O-])c2ccc(C(F)(F)F)cc2[n+]1=O. The molecule has 0 saturated carbocycles. The van der Waals surface area contributed by atoms with Crippen molar-refractivity contribution in [1.29, 1.82) is 5.26 Å². The topological polar surface area (TPSA) is 74.8 Å². The second-order valence-electron chi connectivity index (χ2n) is 3.54. The van der Waals surface area contributed by atoms with Gasteiger partial charge in [-0.3, -0.25) is 0 Å². The third-order valence-electron chi connectivity index (χ3n) is 2.42. The molecule has 0 saturated heterocycles. The quantitative estimate of drug-likeness (QED) is 0.699. The molecular weight excluding hydrogens is 287 g/mol. The number of alkyl halides is 3. The van der Waals surface area contributed by atoms with Crippen LogP contribution < -0.4 is 4.43 Å². The molecule has 1 heterocycles. The van der Waals surface area contributed by atoms with Crippen LogP contribution in [0.1, 0.15) is 11.3 Å². The summed E-state index contributed by atoms with van der Waals surface area (Å²) in [6, 6.07) is 3.34. The normalized spacial score (nSPS) is 11.5. The lowest BCUT2D eigenvalue weighted by molar-refractivity contribution is -0.468. The van der Waals surface area contributed by atoms with Crippen LogP contribution in [0.25, 0.3) is 11.0 Å². The van der Waals surface area contributed by atoms with Gasteiger partial charge in [-0.05, 0) is 12.1 Å². The van der Waals surface area contributed by atoms with Gasteiger partial charge in [0.15, 0.2) is 11.2 Å². The highest BCUT2D eigenvalue weighted by atomic mass is 35.5.